The number of fused-ring (bicyclic) bond motifs is 1. The van der Waals surface area contributed by atoms with Crippen molar-refractivity contribution in [3.8, 4) is 10.6 Å². The van der Waals surface area contributed by atoms with Crippen molar-refractivity contribution in [1.29, 1.82) is 0 Å². The van der Waals surface area contributed by atoms with E-state index in [2.05, 4.69) is 38.6 Å². The van der Waals surface area contributed by atoms with Gasteiger partial charge in [0.15, 0.2) is 0 Å². The van der Waals surface area contributed by atoms with E-state index in [0.29, 0.717) is 5.15 Å². The van der Waals surface area contributed by atoms with Crippen LogP contribution >= 0.6 is 45.5 Å². The van der Waals surface area contributed by atoms with Crippen molar-refractivity contribution in [2.75, 3.05) is 0 Å². The molecule has 3 aromatic rings. The van der Waals surface area contributed by atoms with Gasteiger partial charge in [-0.25, -0.2) is 9.97 Å². The Balaban J connectivity index is 2.18. The molecule has 2 aromatic heterocycles. The summed E-state index contributed by atoms with van der Waals surface area (Å²) < 4.78 is 1.02. The average molecular weight is 373 g/mol. The minimum absolute atomic E-state index is 0.517. The van der Waals surface area contributed by atoms with E-state index >= 15 is 0 Å². The second-order valence-electron chi connectivity index (χ2n) is 3.52. The lowest BCUT2D eigenvalue weighted by Gasteiger charge is -2.00. The van der Waals surface area contributed by atoms with E-state index in [1.54, 1.807) is 17.4 Å². The van der Waals surface area contributed by atoms with Crippen molar-refractivity contribution in [1.82, 2.24) is 9.97 Å². The fraction of sp³-hybridized carbons (Fsp3) is 0. The molecule has 0 aliphatic rings. The number of nitrogens with zero attached hydrogens (tertiary/aromatic N) is 2. The molecule has 0 fully saturated rings. The first kappa shape index (κ1) is 11.4. The van der Waals surface area contributed by atoms with Gasteiger partial charge in [-0.15, -0.1) is 11.3 Å². The van der Waals surface area contributed by atoms with E-state index in [-0.39, 0.29) is 0 Å². The third kappa shape index (κ3) is 2.29. The summed E-state index contributed by atoms with van der Waals surface area (Å²) in [6.07, 6.45) is 0. The molecule has 17 heavy (non-hydrogen) atoms. The second kappa shape index (κ2) is 4.51. The number of pyridine rings is 1. The van der Waals surface area contributed by atoms with Crippen LogP contribution in [0.15, 0.2) is 35.7 Å². The number of halogens is 2. The molecule has 0 saturated heterocycles. The molecule has 0 aliphatic carbocycles. The summed E-state index contributed by atoms with van der Waals surface area (Å²) in [6.45, 7) is 0. The highest BCUT2D eigenvalue weighted by atomic mass is 127. The van der Waals surface area contributed by atoms with Gasteiger partial charge in [0.1, 0.15) is 13.9 Å². The molecule has 0 spiro atoms. The molecule has 0 saturated carbocycles. The number of hydrogen-bond donors (Lipinski definition) is 0. The monoisotopic (exact) mass is 372 g/mol. The highest BCUT2D eigenvalue weighted by Gasteiger charge is 2.05. The van der Waals surface area contributed by atoms with Crippen LogP contribution in [0.2, 0.25) is 5.15 Å². The zero-order valence-corrected chi connectivity index (χ0v) is 12.3. The van der Waals surface area contributed by atoms with Crippen LogP contribution in [0.5, 0.6) is 0 Å². The van der Waals surface area contributed by atoms with Gasteiger partial charge in [0.25, 0.3) is 0 Å². The Bertz CT molecular complexity index is 696. The summed E-state index contributed by atoms with van der Waals surface area (Å²) in [6, 6.07) is 9.90. The fourth-order valence-electron chi connectivity index (χ4n) is 1.61. The normalized spacial score (nSPS) is 10.9. The molecule has 5 heteroatoms. The molecule has 2 heterocycles. The van der Waals surface area contributed by atoms with Crippen molar-refractivity contribution < 1.29 is 0 Å². The Hall–Kier alpha value is -0.720. The zero-order valence-electron chi connectivity index (χ0n) is 8.52. The standard InChI is InChI=1S/C12H6ClIN2S/c13-10-4-3-7-1-2-8(5-9(7)15-10)12-16-11(14)6-17-12/h1-6H. The molecule has 3 rings (SSSR count). The molecule has 0 aliphatic heterocycles. The fourth-order valence-corrected chi connectivity index (χ4v) is 3.23. The highest BCUT2D eigenvalue weighted by Crippen LogP contribution is 2.27. The highest BCUT2D eigenvalue weighted by molar-refractivity contribution is 14.1. The first-order valence-electron chi connectivity index (χ1n) is 4.90. The quantitative estimate of drug-likeness (QED) is 0.460. The van der Waals surface area contributed by atoms with E-state index in [4.69, 9.17) is 11.6 Å². The Morgan fingerprint density at radius 1 is 1.12 bits per heavy atom. The maximum atomic E-state index is 5.90. The molecule has 2 nitrogen and oxygen atoms in total. The minimum atomic E-state index is 0.517. The van der Waals surface area contributed by atoms with Crippen LogP contribution in [0.3, 0.4) is 0 Å². The predicted molar refractivity (Wildman–Crippen MR) is 80.6 cm³/mol. The summed E-state index contributed by atoms with van der Waals surface area (Å²) in [7, 11) is 0. The van der Waals surface area contributed by atoms with Gasteiger partial charge in [0.2, 0.25) is 0 Å². The van der Waals surface area contributed by atoms with E-state index < -0.39 is 0 Å². The Morgan fingerprint density at radius 3 is 2.71 bits per heavy atom. The maximum absolute atomic E-state index is 5.90. The van der Waals surface area contributed by atoms with E-state index in [1.165, 1.54) is 0 Å². The van der Waals surface area contributed by atoms with Crippen LogP contribution in [0.4, 0.5) is 0 Å². The number of benzene rings is 1. The van der Waals surface area contributed by atoms with Crippen LogP contribution < -0.4 is 0 Å². The van der Waals surface area contributed by atoms with Crippen LogP contribution in [0.1, 0.15) is 0 Å². The first-order chi connectivity index (χ1) is 8.22. The van der Waals surface area contributed by atoms with Crippen LogP contribution in [-0.2, 0) is 0 Å². The topological polar surface area (TPSA) is 25.8 Å². The van der Waals surface area contributed by atoms with Crippen molar-refractivity contribution in [3.63, 3.8) is 0 Å². The van der Waals surface area contributed by atoms with Crippen molar-refractivity contribution in [2.45, 2.75) is 0 Å². The first-order valence-corrected chi connectivity index (χ1v) is 7.24. The van der Waals surface area contributed by atoms with Gasteiger partial charge >= 0.3 is 0 Å². The van der Waals surface area contributed by atoms with Gasteiger partial charge in [-0.05, 0) is 40.8 Å². The second-order valence-corrected chi connectivity index (χ2v) is 5.87. The molecule has 0 atom stereocenters. The molecule has 84 valence electrons. The van der Waals surface area contributed by atoms with E-state index in [9.17, 15) is 0 Å². The average Bonchev–Trinajstić information content (AvgIpc) is 2.75. The van der Waals surface area contributed by atoms with Gasteiger partial charge in [-0.1, -0.05) is 23.7 Å². The summed E-state index contributed by atoms with van der Waals surface area (Å²) in [5, 5.41) is 4.65. The number of thiazole rings is 1. The maximum Gasteiger partial charge on any atom is 0.129 e. The third-order valence-electron chi connectivity index (χ3n) is 2.38. The minimum Gasteiger partial charge on any atom is -0.236 e. The lowest BCUT2D eigenvalue weighted by atomic mass is 10.1. The number of hydrogen-bond acceptors (Lipinski definition) is 3. The largest absolute Gasteiger partial charge is 0.236 e. The van der Waals surface area contributed by atoms with Crippen molar-refractivity contribution >= 4 is 56.4 Å². The van der Waals surface area contributed by atoms with Crippen molar-refractivity contribution in [2.24, 2.45) is 0 Å². The third-order valence-corrected chi connectivity index (χ3v) is 4.46. The zero-order chi connectivity index (χ0) is 11.8. The van der Waals surface area contributed by atoms with Gasteiger partial charge < -0.3 is 0 Å². The predicted octanol–water partition coefficient (Wildman–Crippen LogP) is 4.62. The number of rotatable bonds is 1. The van der Waals surface area contributed by atoms with E-state index in [0.717, 1.165) is 25.2 Å². The Morgan fingerprint density at radius 2 is 1.94 bits per heavy atom. The van der Waals surface area contributed by atoms with Gasteiger partial charge in [-0.3, -0.25) is 0 Å². The molecule has 0 radical (unpaired) electrons. The molecule has 0 bridgehead atoms. The van der Waals surface area contributed by atoms with Gasteiger partial charge in [-0.2, -0.15) is 0 Å². The van der Waals surface area contributed by atoms with Crippen LogP contribution in [0.25, 0.3) is 21.5 Å². The van der Waals surface area contributed by atoms with Crippen molar-refractivity contribution in [3.05, 3.63) is 44.6 Å². The molecule has 0 amide bonds. The smallest absolute Gasteiger partial charge is 0.129 e. The summed E-state index contributed by atoms with van der Waals surface area (Å²) >= 11 is 9.75. The Labute approximate surface area is 121 Å². The molecular formula is C12H6ClIN2S. The molecule has 0 N–H and O–H groups in total. The lowest BCUT2D eigenvalue weighted by Crippen LogP contribution is -1.82. The van der Waals surface area contributed by atoms with Gasteiger partial charge in [0.05, 0.1) is 5.52 Å². The SMILES string of the molecule is Clc1ccc2ccc(-c3nc(I)cs3)cc2n1. The summed E-state index contributed by atoms with van der Waals surface area (Å²) in [5.74, 6) is 0. The summed E-state index contributed by atoms with van der Waals surface area (Å²) in [5.41, 5.74) is 1.99. The molecular weight excluding hydrogens is 367 g/mol. The molecule has 0 unspecified atom stereocenters. The molecule has 1 aromatic carbocycles. The Kier molecular flexibility index (Phi) is 3.02. The lowest BCUT2D eigenvalue weighted by molar-refractivity contribution is 1.35. The van der Waals surface area contributed by atoms with Crippen LogP contribution in [-0.4, -0.2) is 9.97 Å². The van der Waals surface area contributed by atoms with Gasteiger partial charge in [0, 0.05) is 16.3 Å². The van der Waals surface area contributed by atoms with E-state index in [1.807, 2.05) is 23.6 Å². The number of aromatic nitrogens is 2. The summed E-state index contributed by atoms with van der Waals surface area (Å²) in [4.78, 5) is 8.76. The van der Waals surface area contributed by atoms with Crippen LogP contribution in [0, 0.1) is 3.70 Å².